The molecule has 3 rings (SSSR count). The number of aromatic nitrogens is 1. The number of nitrogens with one attached hydrogen (secondary N) is 2. The van der Waals surface area contributed by atoms with Crippen LogP contribution in [0.2, 0.25) is 0 Å². The number of nitrogens with zero attached hydrogens (tertiary/aromatic N) is 1. The molecular weight excluding hydrogens is 550 g/mol. The van der Waals surface area contributed by atoms with Crippen molar-refractivity contribution in [2.75, 3.05) is 12.9 Å². The molecule has 3 aromatic rings. The van der Waals surface area contributed by atoms with Crippen LogP contribution in [0.1, 0.15) is 31.4 Å². The van der Waals surface area contributed by atoms with E-state index in [1.807, 2.05) is 47.8 Å². The Kier molecular flexibility index (Phi) is 11.7. The highest BCUT2D eigenvalue weighted by Gasteiger charge is 2.30. The fourth-order valence-electron chi connectivity index (χ4n) is 3.97. The molecule has 0 aliphatic carbocycles. The molecule has 0 saturated carbocycles. The lowest BCUT2D eigenvalue weighted by Crippen LogP contribution is -2.54. The van der Waals surface area contributed by atoms with Crippen LogP contribution in [-0.2, 0) is 31.4 Å². The van der Waals surface area contributed by atoms with E-state index in [0.717, 1.165) is 16.1 Å². The first-order valence-corrected chi connectivity index (χ1v) is 14.7. The van der Waals surface area contributed by atoms with Crippen LogP contribution in [0.5, 0.6) is 5.75 Å². The van der Waals surface area contributed by atoms with Crippen LogP contribution >= 0.6 is 23.1 Å². The van der Waals surface area contributed by atoms with Gasteiger partial charge in [0.15, 0.2) is 5.78 Å². The molecule has 2 atom stereocenters. The van der Waals surface area contributed by atoms with Crippen LogP contribution in [0.3, 0.4) is 0 Å². The minimum absolute atomic E-state index is 0.0427. The summed E-state index contributed by atoms with van der Waals surface area (Å²) in [5.74, 6) is -1.79. The summed E-state index contributed by atoms with van der Waals surface area (Å²) in [4.78, 5) is 54.9. The van der Waals surface area contributed by atoms with E-state index < -0.39 is 42.1 Å². The number of carbonyl (C=O) groups is 4. The number of hydrogen-bond acceptors (Lipinski definition) is 8. The van der Waals surface area contributed by atoms with Crippen molar-refractivity contribution in [2.24, 2.45) is 5.92 Å². The second kappa shape index (κ2) is 15.2. The molecule has 212 valence electrons. The molecule has 0 spiro atoms. The molecule has 0 radical (unpaired) electrons. The van der Waals surface area contributed by atoms with Gasteiger partial charge in [-0.2, -0.15) is 0 Å². The summed E-state index contributed by atoms with van der Waals surface area (Å²) in [5, 5.41) is 17.3. The number of thioether (sulfide) groups is 1. The van der Waals surface area contributed by atoms with E-state index in [0.29, 0.717) is 17.1 Å². The van der Waals surface area contributed by atoms with Crippen molar-refractivity contribution in [3.63, 3.8) is 0 Å². The van der Waals surface area contributed by atoms with E-state index in [1.54, 1.807) is 26.1 Å². The first-order valence-electron chi connectivity index (χ1n) is 12.7. The molecule has 2 amide bonds. The molecule has 1 aromatic heterocycles. The third-order valence-corrected chi connectivity index (χ3v) is 7.86. The number of thiazole rings is 1. The van der Waals surface area contributed by atoms with Crippen molar-refractivity contribution in [3.8, 4) is 16.3 Å². The number of benzene rings is 2. The fraction of sp³-hybridized carbons (Fsp3) is 0.345. The van der Waals surface area contributed by atoms with Gasteiger partial charge in [0.25, 0.3) is 0 Å². The molecule has 1 heterocycles. The van der Waals surface area contributed by atoms with Crippen molar-refractivity contribution < 1.29 is 29.0 Å². The molecule has 0 fully saturated rings. The van der Waals surface area contributed by atoms with Gasteiger partial charge in [-0.15, -0.1) is 23.1 Å². The first-order chi connectivity index (χ1) is 19.2. The third kappa shape index (κ3) is 9.20. The SMILES string of the molecule is COc1ccc(-c2nccs2)cc1CC(=O)N[C@H](C(=O)N[C@@H](CC(=O)O)C(=O)CSCc1ccccc1)C(C)C. The number of ketones is 1. The summed E-state index contributed by atoms with van der Waals surface area (Å²) in [6.45, 7) is 3.52. The molecule has 40 heavy (non-hydrogen) atoms. The van der Waals surface area contributed by atoms with Crippen LogP contribution in [0.15, 0.2) is 60.1 Å². The zero-order chi connectivity index (χ0) is 29.1. The summed E-state index contributed by atoms with van der Waals surface area (Å²) in [6.07, 6.45) is 1.11. The zero-order valence-electron chi connectivity index (χ0n) is 22.6. The Morgan fingerprint density at radius 2 is 1.82 bits per heavy atom. The largest absolute Gasteiger partial charge is 0.496 e. The van der Waals surface area contributed by atoms with E-state index in [-0.39, 0.29) is 18.1 Å². The average Bonchev–Trinajstić information content (AvgIpc) is 3.46. The molecule has 0 aliphatic rings. The number of carbonyl (C=O) groups excluding carboxylic acids is 3. The topological polar surface area (TPSA) is 135 Å². The molecule has 2 aromatic carbocycles. The third-order valence-electron chi connectivity index (χ3n) is 6.02. The maximum Gasteiger partial charge on any atom is 0.305 e. The van der Waals surface area contributed by atoms with Gasteiger partial charge in [0, 0.05) is 28.5 Å². The lowest BCUT2D eigenvalue weighted by atomic mass is 10.0. The maximum atomic E-state index is 13.2. The Balaban J connectivity index is 1.65. The second-order valence-electron chi connectivity index (χ2n) is 9.43. The minimum Gasteiger partial charge on any atom is -0.496 e. The average molecular weight is 584 g/mol. The van der Waals surface area contributed by atoms with E-state index in [4.69, 9.17) is 4.74 Å². The summed E-state index contributed by atoms with van der Waals surface area (Å²) >= 11 is 2.82. The molecule has 0 saturated heterocycles. The lowest BCUT2D eigenvalue weighted by molar-refractivity contribution is -0.140. The van der Waals surface area contributed by atoms with Crippen molar-refractivity contribution in [1.29, 1.82) is 0 Å². The van der Waals surface area contributed by atoms with Crippen LogP contribution in [0.4, 0.5) is 0 Å². The maximum absolute atomic E-state index is 13.2. The zero-order valence-corrected chi connectivity index (χ0v) is 24.2. The number of Topliss-reactive ketones (excluding diaryl/α,β-unsaturated/α-hetero) is 1. The first kappa shape index (κ1) is 30.8. The van der Waals surface area contributed by atoms with Crippen LogP contribution in [0.25, 0.3) is 10.6 Å². The smallest absolute Gasteiger partial charge is 0.305 e. The molecule has 3 N–H and O–H groups in total. The Morgan fingerprint density at radius 1 is 1.07 bits per heavy atom. The van der Waals surface area contributed by atoms with Gasteiger partial charge in [0.1, 0.15) is 16.8 Å². The summed E-state index contributed by atoms with van der Waals surface area (Å²) in [7, 11) is 1.52. The Bertz CT molecular complexity index is 1300. The highest BCUT2D eigenvalue weighted by atomic mass is 32.2. The monoisotopic (exact) mass is 583 g/mol. The normalized spacial score (nSPS) is 12.4. The van der Waals surface area contributed by atoms with Crippen molar-refractivity contribution >= 4 is 46.7 Å². The number of carboxylic acid groups (broad SMARTS) is 1. The van der Waals surface area contributed by atoms with E-state index in [1.165, 1.54) is 30.2 Å². The molecular formula is C29H33N3O6S2. The van der Waals surface area contributed by atoms with Gasteiger partial charge in [-0.3, -0.25) is 19.2 Å². The van der Waals surface area contributed by atoms with Gasteiger partial charge < -0.3 is 20.5 Å². The van der Waals surface area contributed by atoms with Gasteiger partial charge >= 0.3 is 5.97 Å². The van der Waals surface area contributed by atoms with Crippen LogP contribution < -0.4 is 15.4 Å². The van der Waals surface area contributed by atoms with Gasteiger partial charge in [0.2, 0.25) is 11.8 Å². The molecule has 0 aliphatic heterocycles. The highest BCUT2D eigenvalue weighted by Crippen LogP contribution is 2.28. The lowest BCUT2D eigenvalue weighted by Gasteiger charge is -2.25. The molecule has 0 unspecified atom stereocenters. The standard InChI is InChI=1S/C29H33N3O6S2/c1-18(2)27(32-25(34)14-21-13-20(9-10-24(21)38-3)29-30-11-12-40-29)28(37)31-22(15-26(35)36)23(33)17-39-16-19-7-5-4-6-8-19/h4-13,18,22,27H,14-17H2,1-3H3,(H,31,37)(H,32,34)(H,35,36)/t22-,27-/m0/s1. The second-order valence-corrected chi connectivity index (χ2v) is 11.3. The van der Waals surface area contributed by atoms with Crippen LogP contribution in [0, 0.1) is 5.92 Å². The quantitative estimate of drug-likeness (QED) is 0.245. The number of amides is 2. The number of ether oxygens (including phenoxy) is 1. The number of hydrogen-bond donors (Lipinski definition) is 3. The van der Waals surface area contributed by atoms with E-state index in [2.05, 4.69) is 15.6 Å². The highest BCUT2D eigenvalue weighted by molar-refractivity contribution is 7.99. The molecule has 0 bridgehead atoms. The van der Waals surface area contributed by atoms with Crippen LogP contribution in [-0.4, -0.2) is 58.6 Å². The van der Waals surface area contributed by atoms with Gasteiger partial charge in [-0.05, 0) is 29.7 Å². The summed E-state index contributed by atoms with van der Waals surface area (Å²) in [5.41, 5.74) is 2.51. The summed E-state index contributed by atoms with van der Waals surface area (Å²) in [6, 6.07) is 12.9. The predicted molar refractivity (Wildman–Crippen MR) is 156 cm³/mol. The minimum atomic E-state index is -1.21. The molecule has 9 nitrogen and oxygen atoms in total. The number of aliphatic carboxylic acids is 1. The van der Waals surface area contributed by atoms with Crippen molar-refractivity contribution in [3.05, 3.63) is 71.2 Å². The fourth-order valence-corrected chi connectivity index (χ4v) is 5.54. The Labute approximate surface area is 241 Å². The number of rotatable bonds is 15. The van der Waals surface area contributed by atoms with E-state index >= 15 is 0 Å². The van der Waals surface area contributed by atoms with Crippen molar-refractivity contribution in [1.82, 2.24) is 15.6 Å². The number of methoxy groups -OCH3 is 1. The van der Waals surface area contributed by atoms with Gasteiger partial charge in [0.05, 0.1) is 31.7 Å². The van der Waals surface area contributed by atoms with E-state index in [9.17, 15) is 24.3 Å². The number of carboxylic acids is 1. The summed E-state index contributed by atoms with van der Waals surface area (Å²) < 4.78 is 5.42. The molecule has 11 heteroatoms. The van der Waals surface area contributed by atoms with Crippen molar-refractivity contribution in [2.45, 2.75) is 44.5 Å². The van der Waals surface area contributed by atoms with Gasteiger partial charge in [-0.1, -0.05) is 44.2 Å². The van der Waals surface area contributed by atoms with Gasteiger partial charge in [-0.25, -0.2) is 4.98 Å². The Morgan fingerprint density at radius 3 is 2.45 bits per heavy atom. The predicted octanol–water partition coefficient (Wildman–Crippen LogP) is 3.96. The Hall–Kier alpha value is -3.70.